The molecule has 1 heterocycles. The summed E-state index contributed by atoms with van der Waals surface area (Å²) < 4.78 is 5.26. The topological polar surface area (TPSA) is 75.2 Å². The minimum Gasteiger partial charge on any atom is -0.378 e. The first kappa shape index (κ1) is 11.7. The Bertz CT molecular complexity index is 268. The van der Waals surface area contributed by atoms with Crippen molar-refractivity contribution in [3.05, 3.63) is 11.9 Å². The molecule has 0 spiro atoms. The summed E-state index contributed by atoms with van der Waals surface area (Å²) in [7, 11) is 1.73. The third-order valence-electron chi connectivity index (χ3n) is 2.15. The first-order chi connectivity index (χ1) is 7.31. The highest BCUT2D eigenvalue weighted by Crippen LogP contribution is 2.01. The highest BCUT2D eigenvalue weighted by atomic mass is 16.5. The Labute approximate surface area is 89.5 Å². The van der Waals surface area contributed by atoms with E-state index in [0.717, 1.165) is 32.1 Å². The van der Waals surface area contributed by atoms with E-state index in [1.807, 2.05) is 0 Å². The average molecular weight is 211 g/mol. The number of hydrazine groups is 1. The molecule has 84 valence electrons. The molecule has 6 heteroatoms. The molecule has 3 N–H and O–H groups in total. The summed E-state index contributed by atoms with van der Waals surface area (Å²) in [4.78, 5) is 10.0. The van der Waals surface area contributed by atoms with Crippen LogP contribution < -0.4 is 11.3 Å². The van der Waals surface area contributed by atoms with Crippen molar-refractivity contribution in [2.75, 3.05) is 33.4 Å². The van der Waals surface area contributed by atoms with Crippen molar-refractivity contribution < 1.29 is 4.74 Å². The minimum atomic E-state index is 0.502. The third-order valence-corrected chi connectivity index (χ3v) is 2.15. The molecular formula is C9H17N5O. The van der Waals surface area contributed by atoms with Gasteiger partial charge in [-0.2, -0.15) is 0 Å². The molecule has 0 bridgehead atoms. The molecule has 0 aromatic heterocycles. The van der Waals surface area contributed by atoms with E-state index in [1.54, 1.807) is 13.1 Å². The Morgan fingerprint density at radius 3 is 2.67 bits per heavy atom. The summed E-state index contributed by atoms with van der Waals surface area (Å²) in [5, 5.41) is 0. The van der Waals surface area contributed by atoms with E-state index in [-0.39, 0.29) is 0 Å². The highest BCUT2D eigenvalue weighted by molar-refractivity contribution is 5.93. The van der Waals surface area contributed by atoms with Crippen LogP contribution in [0.15, 0.2) is 21.9 Å². The van der Waals surface area contributed by atoms with Crippen molar-refractivity contribution in [3.8, 4) is 0 Å². The fourth-order valence-corrected chi connectivity index (χ4v) is 1.34. The van der Waals surface area contributed by atoms with Crippen LogP contribution in [-0.2, 0) is 4.74 Å². The molecule has 1 aliphatic heterocycles. The summed E-state index contributed by atoms with van der Waals surface area (Å²) in [6, 6.07) is 0. The first-order valence-electron chi connectivity index (χ1n) is 4.76. The predicted octanol–water partition coefficient (Wildman–Crippen LogP) is -0.648. The maximum absolute atomic E-state index is 5.27. The van der Waals surface area contributed by atoms with E-state index >= 15 is 0 Å². The normalized spacial score (nSPS) is 18.9. The van der Waals surface area contributed by atoms with Gasteiger partial charge in [-0.1, -0.05) is 0 Å². The molecule has 1 saturated heterocycles. The fraction of sp³-hybridized carbons (Fsp3) is 0.556. The molecule has 0 aliphatic carbocycles. The van der Waals surface area contributed by atoms with Crippen molar-refractivity contribution >= 4 is 12.6 Å². The lowest BCUT2D eigenvalue weighted by Crippen LogP contribution is -2.40. The Morgan fingerprint density at radius 1 is 1.53 bits per heavy atom. The van der Waals surface area contributed by atoms with Crippen LogP contribution in [0.4, 0.5) is 0 Å². The van der Waals surface area contributed by atoms with Gasteiger partial charge in [0, 0.05) is 26.2 Å². The van der Waals surface area contributed by atoms with Crippen LogP contribution in [0.3, 0.4) is 0 Å². The number of hydrogen-bond acceptors (Lipinski definition) is 5. The number of morpholine rings is 1. The number of rotatable bonds is 3. The van der Waals surface area contributed by atoms with Crippen molar-refractivity contribution in [1.29, 1.82) is 0 Å². The summed E-state index contributed by atoms with van der Waals surface area (Å²) in [5.74, 6) is 6.60. The number of amidine groups is 1. The molecule has 1 fully saturated rings. The largest absolute Gasteiger partial charge is 0.378 e. The van der Waals surface area contributed by atoms with Crippen LogP contribution in [0, 0.1) is 0 Å². The van der Waals surface area contributed by atoms with Gasteiger partial charge in [0.15, 0.2) is 0 Å². The molecule has 0 radical (unpaired) electrons. The van der Waals surface area contributed by atoms with Crippen LogP contribution in [0.1, 0.15) is 0 Å². The summed E-state index contributed by atoms with van der Waals surface area (Å²) >= 11 is 0. The number of aliphatic imine (C=N–C) groups is 2. The molecular weight excluding hydrogens is 194 g/mol. The van der Waals surface area contributed by atoms with E-state index in [2.05, 4.69) is 27.0 Å². The highest BCUT2D eigenvalue weighted by Gasteiger charge is 2.13. The number of nitrogens with zero attached hydrogens (tertiary/aromatic N) is 3. The summed E-state index contributed by atoms with van der Waals surface area (Å²) in [6.45, 7) is 6.51. The third kappa shape index (κ3) is 3.34. The summed E-state index contributed by atoms with van der Waals surface area (Å²) in [5.41, 5.74) is 2.45. The van der Waals surface area contributed by atoms with Crippen molar-refractivity contribution in [3.63, 3.8) is 0 Å². The van der Waals surface area contributed by atoms with Crippen LogP contribution in [-0.4, -0.2) is 50.8 Å². The zero-order valence-electron chi connectivity index (χ0n) is 8.94. The predicted molar refractivity (Wildman–Crippen MR) is 60.7 cm³/mol. The Kier molecular flexibility index (Phi) is 4.79. The second-order valence-corrected chi connectivity index (χ2v) is 3.01. The minimum absolute atomic E-state index is 0.502. The number of ether oxygens (including phenoxy) is 1. The fourth-order valence-electron chi connectivity index (χ4n) is 1.34. The monoisotopic (exact) mass is 211 g/mol. The molecule has 0 unspecified atom stereocenters. The second kappa shape index (κ2) is 6.15. The summed E-state index contributed by atoms with van der Waals surface area (Å²) in [6.07, 6.45) is 1.76. The van der Waals surface area contributed by atoms with Gasteiger partial charge in [-0.25, -0.2) is 10.8 Å². The van der Waals surface area contributed by atoms with Gasteiger partial charge in [0.25, 0.3) is 0 Å². The molecule has 1 aliphatic rings. The molecule has 0 aromatic rings. The zero-order valence-corrected chi connectivity index (χ0v) is 8.94. The molecule has 1 rings (SSSR count). The van der Waals surface area contributed by atoms with Crippen molar-refractivity contribution in [2.24, 2.45) is 15.8 Å². The average Bonchev–Trinajstić information content (AvgIpc) is 2.32. The van der Waals surface area contributed by atoms with Gasteiger partial charge in [-0.05, 0) is 6.72 Å². The number of hydrogen-bond donors (Lipinski definition) is 2. The van der Waals surface area contributed by atoms with Gasteiger partial charge < -0.3 is 15.1 Å². The smallest absolute Gasteiger partial charge is 0.142 e. The first-order valence-corrected chi connectivity index (χ1v) is 4.76. The Balaban J connectivity index is 2.70. The van der Waals surface area contributed by atoms with Crippen LogP contribution in [0.25, 0.3) is 0 Å². The van der Waals surface area contributed by atoms with Gasteiger partial charge in [0.05, 0.1) is 13.2 Å². The zero-order chi connectivity index (χ0) is 11.1. The Hall–Kier alpha value is -1.40. The SMILES string of the molecule is C=N/C(=C\C(=NC)N1CCOCC1)NN. The lowest BCUT2D eigenvalue weighted by atomic mass is 10.3. The molecule has 0 amide bonds. The molecule has 6 nitrogen and oxygen atoms in total. The van der Waals surface area contributed by atoms with Crippen LogP contribution in [0.5, 0.6) is 0 Å². The van der Waals surface area contributed by atoms with Gasteiger partial charge in [0.2, 0.25) is 0 Å². The van der Waals surface area contributed by atoms with Crippen molar-refractivity contribution in [2.45, 2.75) is 0 Å². The molecule has 0 saturated carbocycles. The van der Waals surface area contributed by atoms with Crippen molar-refractivity contribution in [1.82, 2.24) is 10.3 Å². The van der Waals surface area contributed by atoms with Crippen LogP contribution in [0.2, 0.25) is 0 Å². The lowest BCUT2D eigenvalue weighted by Gasteiger charge is -2.28. The van der Waals surface area contributed by atoms with E-state index in [4.69, 9.17) is 10.6 Å². The molecule has 0 aromatic carbocycles. The van der Waals surface area contributed by atoms with Gasteiger partial charge in [-0.15, -0.1) is 0 Å². The van der Waals surface area contributed by atoms with E-state index in [0.29, 0.717) is 5.82 Å². The quantitative estimate of drug-likeness (QED) is 0.281. The molecule has 0 atom stereocenters. The van der Waals surface area contributed by atoms with Gasteiger partial charge in [0.1, 0.15) is 11.7 Å². The van der Waals surface area contributed by atoms with E-state index < -0.39 is 0 Å². The standard InChI is InChI=1S/C9H17N5O/c1-11-8(13-10)7-9(12-2)14-3-5-15-6-4-14/h7,13H,1,3-6,10H2,2H3/b8-7+,12-9?. The van der Waals surface area contributed by atoms with Crippen LogP contribution >= 0.6 is 0 Å². The number of nitrogens with two attached hydrogens (primary N) is 1. The maximum atomic E-state index is 5.27. The van der Waals surface area contributed by atoms with Gasteiger partial charge in [-0.3, -0.25) is 4.99 Å². The van der Waals surface area contributed by atoms with E-state index in [1.165, 1.54) is 0 Å². The maximum Gasteiger partial charge on any atom is 0.142 e. The Morgan fingerprint density at radius 2 is 2.20 bits per heavy atom. The van der Waals surface area contributed by atoms with Gasteiger partial charge >= 0.3 is 0 Å². The second-order valence-electron chi connectivity index (χ2n) is 3.01. The number of nitrogens with one attached hydrogen (secondary N) is 1. The van der Waals surface area contributed by atoms with E-state index in [9.17, 15) is 0 Å². The molecule has 15 heavy (non-hydrogen) atoms. The lowest BCUT2D eigenvalue weighted by molar-refractivity contribution is 0.0684.